The van der Waals surface area contributed by atoms with Crippen LogP contribution in [-0.4, -0.2) is 27.6 Å². The molecule has 0 saturated carbocycles. The number of hydrogen-bond donors (Lipinski definition) is 1. The van der Waals surface area contributed by atoms with E-state index >= 15 is 0 Å². The number of para-hydroxylation sites is 1. The molecule has 1 amide bonds. The molecule has 130 valence electrons. The Balaban J connectivity index is 1.68. The molecule has 1 aromatic carbocycles. The van der Waals surface area contributed by atoms with Gasteiger partial charge < -0.3 is 14.6 Å². The van der Waals surface area contributed by atoms with Crippen LogP contribution in [0.2, 0.25) is 0 Å². The van der Waals surface area contributed by atoms with Crippen molar-refractivity contribution in [3.63, 3.8) is 0 Å². The van der Waals surface area contributed by atoms with Gasteiger partial charge in [-0.3, -0.25) is 4.79 Å². The maximum Gasteiger partial charge on any atom is 0.261 e. The Labute approximate surface area is 147 Å². The average Bonchev–Trinajstić information content (AvgIpc) is 3.07. The summed E-state index contributed by atoms with van der Waals surface area (Å²) in [6, 6.07) is 9.15. The van der Waals surface area contributed by atoms with Crippen molar-refractivity contribution in [1.29, 1.82) is 5.26 Å². The summed E-state index contributed by atoms with van der Waals surface area (Å²) in [5.41, 5.74) is 0.432. The summed E-state index contributed by atoms with van der Waals surface area (Å²) in [6.45, 7) is 4.60. The van der Waals surface area contributed by atoms with Crippen molar-refractivity contribution in [2.75, 3.05) is 0 Å². The van der Waals surface area contributed by atoms with Gasteiger partial charge in [-0.2, -0.15) is 5.26 Å². The van der Waals surface area contributed by atoms with Gasteiger partial charge in [0.1, 0.15) is 17.6 Å². The number of nitrogens with zero attached hydrogens (tertiary/aromatic N) is 3. The molecule has 6 heteroatoms. The van der Waals surface area contributed by atoms with Gasteiger partial charge in [-0.05, 0) is 24.5 Å². The van der Waals surface area contributed by atoms with Gasteiger partial charge in [0.25, 0.3) is 5.91 Å². The monoisotopic (exact) mass is 338 g/mol. The van der Waals surface area contributed by atoms with Crippen LogP contribution >= 0.6 is 0 Å². The maximum absolute atomic E-state index is 12.8. The molecule has 0 fully saturated rings. The first-order valence-electron chi connectivity index (χ1n) is 8.54. The fourth-order valence-corrected chi connectivity index (χ4v) is 3.06. The van der Waals surface area contributed by atoms with E-state index in [0.717, 1.165) is 25.2 Å². The number of rotatable bonds is 5. The highest BCUT2D eigenvalue weighted by atomic mass is 16.5. The van der Waals surface area contributed by atoms with Crippen LogP contribution in [0.25, 0.3) is 0 Å². The SMILES string of the molecule is CC(C)[C@@H](Oc1ccccc1C#N)C(=O)N[C@H]1CCc2nccn2C1. The Bertz CT molecular complexity index is 791. The van der Waals surface area contributed by atoms with E-state index in [1.807, 2.05) is 20.0 Å². The van der Waals surface area contributed by atoms with Crippen molar-refractivity contribution in [1.82, 2.24) is 14.9 Å². The molecule has 0 spiro atoms. The molecule has 3 rings (SSSR count). The minimum absolute atomic E-state index is 0.0147. The number of nitriles is 1. The fraction of sp³-hybridized carbons (Fsp3) is 0.421. The molecule has 1 aliphatic rings. The number of fused-ring (bicyclic) bond motifs is 1. The van der Waals surface area contributed by atoms with Gasteiger partial charge in [0, 0.05) is 31.4 Å². The van der Waals surface area contributed by atoms with E-state index in [2.05, 4.69) is 20.9 Å². The van der Waals surface area contributed by atoms with Crippen LogP contribution in [0.3, 0.4) is 0 Å². The zero-order valence-corrected chi connectivity index (χ0v) is 14.5. The Morgan fingerprint density at radius 1 is 1.44 bits per heavy atom. The molecule has 25 heavy (non-hydrogen) atoms. The van der Waals surface area contributed by atoms with Gasteiger partial charge in [0.05, 0.1) is 5.56 Å². The summed E-state index contributed by atoms with van der Waals surface area (Å²) in [6.07, 6.45) is 4.80. The number of benzene rings is 1. The molecular weight excluding hydrogens is 316 g/mol. The van der Waals surface area contributed by atoms with Crippen LogP contribution in [-0.2, 0) is 17.8 Å². The lowest BCUT2D eigenvalue weighted by Gasteiger charge is -2.28. The van der Waals surface area contributed by atoms with Gasteiger partial charge in [0.15, 0.2) is 6.10 Å². The molecule has 1 aromatic heterocycles. The minimum atomic E-state index is -0.640. The molecule has 6 nitrogen and oxygen atoms in total. The van der Waals surface area contributed by atoms with E-state index < -0.39 is 6.10 Å². The number of carbonyl (C=O) groups excluding carboxylic acids is 1. The zero-order valence-electron chi connectivity index (χ0n) is 14.5. The molecule has 0 saturated heterocycles. The van der Waals surface area contributed by atoms with E-state index in [9.17, 15) is 10.1 Å². The van der Waals surface area contributed by atoms with Crippen molar-refractivity contribution in [2.45, 2.75) is 45.4 Å². The van der Waals surface area contributed by atoms with Crippen molar-refractivity contribution in [3.05, 3.63) is 48.0 Å². The van der Waals surface area contributed by atoms with Gasteiger partial charge in [-0.25, -0.2) is 4.98 Å². The number of imidazole rings is 1. The highest BCUT2D eigenvalue weighted by molar-refractivity contribution is 5.81. The van der Waals surface area contributed by atoms with Crippen LogP contribution < -0.4 is 10.1 Å². The largest absolute Gasteiger partial charge is 0.479 e. The molecule has 0 bridgehead atoms. The number of carbonyl (C=O) groups is 1. The summed E-state index contributed by atoms with van der Waals surface area (Å²) in [5, 5.41) is 12.3. The summed E-state index contributed by atoms with van der Waals surface area (Å²) in [5.74, 6) is 1.35. The van der Waals surface area contributed by atoms with Gasteiger partial charge in [-0.15, -0.1) is 0 Å². The predicted octanol–water partition coefficient (Wildman–Crippen LogP) is 2.29. The smallest absolute Gasteiger partial charge is 0.261 e. The lowest BCUT2D eigenvalue weighted by Crippen LogP contribution is -2.48. The highest BCUT2D eigenvalue weighted by Gasteiger charge is 2.28. The van der Waals surface area contributed by atoms with Crippen LogP contribution in [0, 0.1) is 17.2 Å². The fourth-order valence-electron chi connectivity index (χ4n) is 3.06. The number of ether oxygens (including phenoxy) is 1. The van der Waals surface area contributed by atoms with Crippen molar-refractivity contribution in [2.24, 2.45) is 5.92 Å². The number of hydrogen-bond acceptors (Lipinski definition) is 4. The van der Waals surface area contributed by atoms with Gasteiger partial charge in [0.2, 0.25) is 0 Å². The predicted molar refractivity (Wildman–Crippen MR) is 92.9 cm³/mol. The molecule has 1 aliphatic heterocycles. The van der Waals surface area contributed by atoms with Crippen molar-refractivity contribution < 1.29 is 9.53 Å². The summed E-state index contributed by atoms with van der Waals surface area (Å²) >= 11 is 0. The minimum Gasteiger partial charge on any atom is -0.479 e. The van der Waals surface area contributed by atoms with Crippen molar-refractivity contribution in [3.8, 4) is 11.8 Å². The lowest BCUT2D eigenvalue weighted by atomic mass is 10.0. The molecule has 1 N–H and O–H groups in total. The van der Waals surface area contributed by atoms with E-state index in [0.29, 0.717) is 11.3 Å². The van der Waals surface area contributed by atoms with E-state index in [4.69, 9.17) is 4.74 Å². The number of amides is 1. The van der Waals surface area contributed by atoms with E-state index in [1.165, 1.54) is 0 Å². The second-order valence-electron chi connectivity index (χ2n) is 6.63. The zero-order chi connectivity index (χ0) is 17.8. The first-order valence-corrected chi connectivity index (χ1v) is 8.54. The van der Waals surface area contributed by atoms with Crippen LogP contribution in [0.1, 0.15) is 31.7 Å². The molecule has 0 unspecified atom stereocenters. The van der Waals surface area contributed by atoms with Gasteiger partial charge in [-0.1, -0.05) is 26.0 Å². The second kappa shape index (κ2) is 7.39. The Hall–Kier alpha value is -2.81. The lowest BCUT2D eigenvalue weighted by molar-refractivity contribution is -0.130. The van der Waals surface area contributed by atoms with Crippen LogP contribution in [0.4, 0.5) is 0 Å². The third kappa shape index (κ3) is 3.82. The third-order valence-electron chi connectivity index (χ3n) is 4.41. The summed E-state index contributed by atoms with van der Waals surface area (Å²) < 4.78 is 7.98. The Morgan fingerprint density at radius 2 is 2.24 bits per heavy atom. The number of aryl methyl sites for hydroxylation is 1. The summed E-state index contributed by atoms with van der Waals surface area (Å²) in [4.78, 5) is 17.1. The second-order valence-corrected chi connectivity index (χ2v) is 6.63. The Kier molecular flexibility index (Phi) is 5.03. The first-order chi connectivity index (χ1) is 12.1. The van der Waals surface area contributed by atoms with E-state index in [1.54, 1.807) is 30.5 Å². The standard InChI is InChI=1S/C19H22N4O2/c1-13(2)18(25-16-6-4-3-5-14(16)11-20)19(24)22-15-7-8-17-21-9-10-23(17)12-15/h3-6,9-10,13,15,18H,7-8,12H2,1-2H3,(H,22,24)/t15-,18+/m0/s1. The molecule has 2 aromatic rings. The summed E-state index contributed by atoms with van der Waals surface area (Å²) in [7, 11) is 0. The quantitative estimate of drug-likeness (QED) is 0.907. The third-order valence-corrected chi connectivity index (χ3v) is 4.41. The van der Waals surface area contributed by atoms with Crippen LogP contribution in [0.5, 0.6) is 5.75 Å². The molecule has 2 heterocycles. The Morgan fingerprint density at radius 3 is 3.00 bits per heavy atom. The topological polar surface area (TPSA) is 79.9 Å². The molecule has 0 aliphatic carbocycles. The highest BCUT2D eigenvalue weighted by Crippen LogP contribution is 2.21. The average molecular weight is 338 g/mol. The molecule has 2 atom stereocenters. The molecular formula is C19H22N4O2. The number of nitrogens with one attached hydrogen (secondary N) is 1. The normalized spacial score (nSPS) is 17.4. The van der Waals surface area contributed by atoms with Gasteiger partial charge >= 0.3 is 0 Å². The van der Waals surface area contributed by atoms with Crippen LogP contribution in [0.15, 0.2) is 36.7 Å². The maximum atomic E-state index is 12.8. The van der Waals surface area contributed by atoms with Crippen molar-refractivity contribution >= 4 is 5.91 Å². The number of aromatic nitrogens is 2. The first kappa shape index (κ1) is 17.0. The van der Waals surface area contributed by atoms with E-state index in [-0.39, 0.29) is 17.9 Å². The molecule has 0 radical (unpaired) electrons.